The van der Waals surface area contributed by atoms with Gasteiger partial charge in [0.25, 0.3) is 0 Å². The van der Waals surface area contributed by atoms with Crippen molar-refractivity contribution in [1.82, 2.24) is 4.31 Å². The molecule has 4 nitrogen and oxygen atoms in total. The molecule has 0 aromatic rings. The van der Waals surface area contributed by atoms with Crippen LogP contribution in [0.2, 0.25) is 0 Å². The second-order valence-electron chi connectivity index (χ2n) is 6.27. The molecular formula is C14H27NO3S. The van der Waals surface area contributed by atoms with E-state index in [4.69, 9.17) is 0 Å². The van der Waals surface area contributed by atoms with Crippen LogP contribution in [-0.2, 0) is 10.0 Å². The summed E-state index contributed by atoms with van der Waals surface area (Å²) in [5.74, 6) is 0.676. The van der Waals surface area contributed by atoms with E-state index in [1.165, 1.54) is 19.3 Å². The van der Waals surface area contributed by atoms with E-state index in [-0.39, 0.29) is 6.04 Å². The summed E-state index contributed by atoms with van der Waals surface area (Å²) in [7, 11) is -3.13. The molecule has 2 fully saturated rings. The Labute approximate surface area is 117 Å². The van der Waals surface area contributed by atoms with Crippen molar-refractivity contribution < 1.29 is 13.5 Å². The van der Waals surface area contributed by atoms with Crippen molar-refractivity contribution in [1.29, 1.82) is 0 Å². The van der Waals surface area contributed by atoms with Crippen LogP contribution in [0.25, 0.3) is 0 Å². The third-order valence-corrected chi connectivity index (χ3v) is 6.55. The van der Waals surface area contributed by atoms with Crippen molar-refractivity contribution in [3.63, 3.8) is 0 Å². The maximum Gasteiger partial charge on any atom is 0.214 e. The van der Waals surface area contributed by atoms with E-state index in [1.54, 1.807) is 11.2 Å². The lowest BCUT2D eigenvalue weighted by Gasteiger charge is -2.28. The van der Waals surface area contributed by atoms with Crippen LogP contribution < -0.4 is 0 Å². The van der Waals surface area contributed by atoms with Gasteiger partial charge in [0, 0.05) is 12.6 Å². The Kier molecular flexibility index (Phi) is 5.26. The molecule has 5 heteroatoms. The van der Waals surface area contributed by atoms with Crippen LogP contribution in [-0.4, -0.2) is 42.3 Å². The van der Waals surface area contributed by atoms with E-state index in [0.29, 0.717) is 24.6 Å². The summed E-state index contributed by atoms with van der Waals surface area (Å²) < 4.78 is 26.7. The topological polar surface area (TPSA) is 57.6 Å². The second-order valence-corrected chi connectivity index (χ2v) is 8.24. The lowest BCUT2D eigenvalue weighted by Crippen LogP contribution is -2.40. The summed E-state index contributed by atoms with van der Waals surface area (Å²) in [5.41, 5.74) is 0. The third kappa shape index (κ3) is 4.17. The molecule has 0 aromatic heterocycles. The van der Waals surface area contributed by atoms with E-state index in [1.807, 2.05) is 0 Å². The predicted octanol–water partition coefficient (Wildman–Crippen LogP) is 2.13. The van der Waals surface area contributed by atoms with Gasteiger partial charge >= 0.3 is 0 Å². The van der Waals surface area contributed by atoms with Crippen LogP contribution >= 0.6 is 0 Å². The SMILES string of the molecule is CC(O)CC1CCCN1S(=O)(=O)CC1CCCCC1. The van der Waals surface area contributed by atoms with Gasteiger partial charge in [-0.2, -0.15) is 4.31 Å². The number of sulfonamides is 1. The van der Waals surface area contributed by atoms with Gasteiger partial charge in [-0.3, -0.25) is 0 Å². The minimum Gasteiger partial charge on any atom is -0.393 e. The summed E-state index contributed by atoms with van der Waals surface area (Å²) >= 11 is 0. The van der Waals surface area contributed by atoms with Gasteiger partial charge in [-0.25, -0.2) is 8.42 Å². The van der Waals surface area contributed by atoms with Crippen molar-refractivity contribution in [2.24, 2.45) is 5.92 Å². The Hall–Kier alpha value is -0.130. The molecule has 0 amide bonds. The molecule has 1 saturated heterocycles. The quantitative estimate of drug-likeness (QED) is 0.843. The zero-order chi connectivity index (χ0) is 13.9. The van der Waals surface area contributed by atoms with Gasteiger partial charge < -0.3 is 5.11 Å². The van der Waals surface area contributed by atoms with Crippen molar-refractivity contribution in [3.8, 4) is 0 Å². The minimum atomic E-state index is -3.13. The molecule has 2 aliphatic rings. The molecule has 1 aliphatic carbocycles. The number of aliphatic hydroxyl groups excluding tert-OH is 1. The first-order valence-corrected chi connectivity index (χ1v) is 9.27. The van der Waals surface area contributed by atoms with Gasteiger partial charge in [0.1, 0.15) is 0 Å². The molecule has 1 N–H and O–H groups in total. The number of nitrogens with zero attached hydrogens (tertiary/aromatic N) is 1. The first kappa shape index (κ1) is 15.3. The summed E-state index contributed by atoms with van der Waals surface area (Å²) in [6, 6.07) is 0.0218. The molecule has 1 heterocycles. The Bertz CT molecular complexity index is 374. The summed E-state index contributed by atoms with van der Waals surface area (Å²) in [6.45, 7) is 2.39. The zero-order valence-corrected chi connectivity index (χ0v) is 12.7. The van der Waals surface area contributed by atoms with Crippen LogP contribution in [0.1, 0.15) is 58.3 Å². The fraction of sp³-hybridized carbons (Fsp3) is 1.00. The maximum absolute atomic E-state index is 12.5. The molecule has 2 unspecified atom stereocenters. The lowest BCUT2D eigenvalue weighted by molar-refractivity contribution is 0.157. The monoisotopic (exact) mass is 289 g/mol. The summed E-state index contributed by atoms with van der Waals surface area (Å²) in [6.07, 6.45) is 7.72. The van der Waals surface area contributed by atoms with Crippen LogP contribution in [0, 0.1) is 5.92 Å². The van der Waals surface area contributed by atoms with E-state index >= 15 is 0 Å². The molecule has 112 valence electrons. The average molecular weight is 289 g/mol. The maximum atomic E-state index is 12.5. The highest BCUT2D eigenvalue weighted by Crippen LogP contribution is 2.30. The van der Waals surface area contributed by atoms with Gasteiger partial charge in [0.05, 0.1) is 11.9 Å². The van der Waals surface area contributed by atoms with E-state index < -0.39 is 16.1 Å². The lowest BCUT2D eigenvalue weighted by atomic mass is 9.91. The molecule has 0 spiro atoms. The van der Waals surface area contributed by atoms with Crippen LogP contribution in [0.15, 0.2) is 0 Å². The van der Waals surface area contributed by atoms with E-state index in [0.717, 1.165) is 25.7 Å². The van der Waals surface area contributed by atoms with Crippen molar-refractivity contribution in [2.75, 3.05) is 12.3 Å². The second kappa shape index (κ2) is 6.55. The first-order chi connectivity index (χ1) is 8.99. The summed E-state index contributed by atoms with van der Waals surface area (Å²) in [5, 5.41) is 9.50. The fourth-order valence-electron chi connectivity index (χ4n) is 3.55. The standard InChI is InChI=1S/C14H27NO3S/c1-12(16)10-14-8-5-9-15(14)19(17,18)11-13-6-3-2-4-7-13/h12-14,16H,2-11H2,1H3. The molecule has 0 bridgehead atoms. The van der Waals surface area contributed by atoms with Crippen molar-refractivity contribution >= 4 is 10.0 Å². The van der Waals surface area contributed by atoms with Crippen LogP contribution in [0.5, 0.6) is 0 Å². The number of rotatable bonds is 5. The molecule has 19 heavy (non-hydrogen) atoms. The van der Waals surface area contributed by atoms with Gasteiger partial charge in [0.15, 0.2) is 0 Å². The minimum absolute atomic E-state index is 0.0218. The zero-order valence-electron chi connectivity index (χ0n) is 11.9. The van der Waals surface area contributed by atoms with Gasteiger partial charge in [-0.15, -0.1) is 0 Å². The summed E-state index contributed by atoms with van der Waals surface area (Å²) in [4.78, 5) is 0. The molecular weight excluding hydrogens is 262 g/mol. The Balaban J connectivity index is 1.97. The van der Waals surface area contributed by atoms with Crippen molar-refractivity contribution in [3.05, 3.63) is 0 Å². The highest BCUT2D eigenvalue weighted by Gasteiger charge is 2.36. The Morgan fingerprint density at radius 1 is 1.16 bits per heavy atom. The highest BCUT2D eigenvalue weighted by atomic mass is 32.2. The highest BCUT2D eigenvalue weighted by molar-refractivity contribution is 7.89. The normalized spacial score (nSPS) is 28.6. The first-order valence-electron chi connectivity index (χ1n) is 7.66. The van der Waals surface area contributed by atoms with Gasteiger partial charge in [-0.1, -0.05) is 19.3 Å². The number of hydrogen-bond acceptors (Lipinski definition) is 3. The van der Waals surface area contributed by atoms with Gasteiger partial charge in [-0.05, 0) is 44.9 Å². The third-order valence-electron chi connectivity index (χ3n) is 4.46. The molecule has 0 radical (unpaired) electrons. The van der Waals surface area contributed by atoms with E-state index in [2.05, 4.69) is 0 Å². The molecule has 0 aromatic carbocycles. The number of aliphatic hydroxyl groups is 1. The fourth-order valence-corrected chi connectivity index (χ4v) is 5.73. The number of hydrogen-bond donors (Lipinski definition) is 1. The average Bonchev–Trinajstić information content (AvgIpc) is 2.77. The van der Waals surface area contributed by atoms with E-state index in [9.17, 15) is 13.5 Å². The molecule has 1 aliphatic heterocycles. The molecule has 1 saturated carbocycles. The van der Waals surface area contributed by atoms with Gasteiger partial charge in [0.2, 0.25) is 10.0 Å². The van der Waals surface area contributed by atoms with Crippen LogP contribution in [0.4, 0.5) is 0 Å². The molecule has 2 atom stereocenters. The van der Waals surface area contributed by atoms with Crippen LogP contribution in [0.3, 0.4) is 0 Å². The molecule has 2 rings (SSSR count). The smallest absolute Gasteiger partial charge is 0.214 e. The Morgan fingerprint density at radius 2 is 1.84 bits per heavy atom. The predicted molar refractivity (Wildman–Crippen MR) is 76.4 cm³/mol. The van der Waals surface area contributed by atoms with Crippen molar-refractivity contribution in [2.45, 2.75) is 70.4 Å². The Morgan fingerprint density at radius 3 is 2.47 bits per heavy atom. The largest absolute Gasteiger partial charge is 0.393 e.